The van der Waals surface area contributed by atoms with Gasteiger partial charge in [0.2, 0.25) is 10.0 Å². The zero-order chi connectivity index (χ0) is 13.3. The lowest BCUT2D eigenvalue weighted by Gasteiger charge is -2.29. The summed E-state index contributed by atoms with van der Waals surface area (Å²) in [4.78, 5) is 0.349. The Morgan fingerprint density at radius 2 is 2.06 bits per heavy atom. The Hall–Kier alpha value is -0.910. The van der Waals surface area contributed by atoms with Crippen molar-refractivity contribution < 1.29 is 13.5 Å². The zero-order valence-corrected chi connectivity index (χ0v) is 11.6. The second kappa shape index (κ2) is 4.99. The molecule has 100 valence electrons. The quantitative estimate of drug-likeness (QED) is 0.884. The molecule has 5 heteroatoms. The van der Waals surface area contributed by atoms with Gasteiger partial charge in [-0.05, 0) is 38.3 Å². The molecule has 1 aliphatic rings. The Morgan fingerprint density at radius 3 is 2.67 bits per heavy atom. The summed E-state index contributed by atoms with van der Waals surface area (Å²) < 4.78 is 26.3. The summed E-state index contributed by atoms with van der Waals surface area (Å²) in [5, 5.41) is 9.60. The van der Waals surface area contributed by atoms with Gasteiger partial charge < -0.3 is 5.11 Å². The second-order valence-corrected chi connectivity index (χ2v) is 6.83. The lowest BCUT2D eigenvalue weighted by atomic mass is 10.1. The number of aliphatic hydroxyl groups is 1. The molecule has 0 saturated carbocycles. The molecule has 1 fully saturated rings. The van der Waals surface area contributed by atoms with Crippen LogP contribution in [0.2, 0.25) is 0 Å². The highest BCUT2D eigenvalue weighted by molar-refractivity contribution is 7.89. The van der Waals surface area contributed by atoms with Crippen LogP contribution in [-0.2, 0) is 10.0 Å². The molecule has 4 nitrogen and oxygen atoms in total. The summed E-state index contributed by atoms with van der Waals surface area (Å²) in [6.07, 6.45) is 0.851. The fraction of sp³-hybridized carbons (Fsp3) is 0.538. The van der Waals surface area contributed by atoms with E-state index in [0.717, 1.165) is 11.1 Å². The van der Waals surface area contributed by atoms with Crippen LogP contribution in [0.1, 0.15) is 24.0 Å². The van der Waals surface area contributed by atoms with Crippen molar-refractivity contribution in [3.8, 4) is 0 Å². The summed E-state index contributed by atoms with van der Waals surface area (Å²) in [5.41, 5.74) is 1.81. The van der Waals surface area contributed by atoms with E-state index in [-0.39, 0.29) is 6.54 Å². The van der Waals surface area contributed by atoms with Crippen LogP contribution < -0.4 is 0 Å². The molecule has 0 amide bonds. The maximum absolute atomic E-state index is 12.5. The molecule has 1 heterocycles. The van der Waals surface area contributed by atoms with E-state index in [0.29, 0.717) is 24.3 Å². The Labute approximate surface area is 108 Å². The van der Waals surface area contributed by atoms with Gasteiger partial charge in [-0.1, -0.05) is 17.7 Å². The first-order valence-electron chi connectivity index (χ1n) is 6.17. The van der Waals surface area contributed by atoms with E-state index in [1.165, 1.54) is 4.31 Å². The normalized spacial score (nSPS) is 22.1. The molecule has 1 saturated heterocycles. The van der Waals surface area contributed by atoms with Gasteiger partial charge in [0.1, 0.15) is 0 Å². The fourth-order valence-electron chi connectivity index (χ4n) is 2.37. The third-order valence-corrected chi connectivity index (χ3v) is 5.33. The van der Waals surface area contributed by atoms with Crippen LogP contribution in [0.3, 0.4) is 0 Å². The predicted molar refractivity (Wildman–Crippen MR) is 69.9 cm³/mol. The number of aryl methyl sites for hydroxylation is 2. The molecular formula is C13H19NO3S. The fourth-order valence-corrected chi connectivity index (χ4v) is 4.09. The number of piperidine rings is 1. The van der Waals surface area contributed by atoms with Crippen molar-refractivity contribution in [2.45, 2.75) is 37.7 Å². The van der Waals surface area contributed by atoms with Crippen LogP contribution in [0.25, 0.3) is 0 Å². The summed E-state index contributed by atoms with van der Waals surface area (Å²) >= 11 is 0. The van der Waals surface area contributed by atoms with Gasteiger partial charge in [0.25, 0.3) is 0 Å². The van der Waals surface area contributed by atoms with Gasteiger partial charge in [0.15, 0.2) is 0 Å². The molecular weight excluding hydrogens is 250 g/mol. The van der Waals surface area contributed by atoms with E-state index in [9.17, 15) is 13.5 Å². The molecule has 1 N–H and O–H groups in total. The Morgan fingerprint density at radius 1 is 1.33 bits per heavy atom. The van der Waals surface area contributed by atoms with Crippen molar-refractivity contribution in [3.05, 3.63) is 29.3 Å². The number of hydrogen-bond donors (Lipinski definition) is 1. The van der Waals surface area contributed by atoms with Gasteiger partial charge in [-0.3, -0.25) is 0 Å². The van der Waals surface area contributed by atoms with Crippen LogP contribution in [0.4, 0.5) is 0 Å². The van der Waals surface area contributed by atoms with Gasteiger partial charge in [0, 0.05) is 13.1 Å². The topological polar surface area (TPSA) is 57.6 Å². The third kappa shape index (κ3) is 2.58. The predicted octanol–water partition coefficient (Wildman–Crippen LogP) is 1.45. The zero-order valence-electron chi connectivity index (χ0n) is 10.8. The van der Waals surface area contributed by atoms with Crippen LogP contribution in [-0.4, -0.2) is 37.0 Å². The SMILES string of the molecule is Cc1ccc(S(=O)(=O)N2CCC[C@H](O)C2)c(C)c1. The van der Waals surface area contributed by atoms with Gasteiger partial charge in [0.05, 0.1) is 11.0 Å². The van der Waals surface area contributed by atoms with E-state index in [2.05, 4.69) is 0 Å². The minimum Gasteiger partial charge on any atom is -0.392 e. The first-order valence-corrected chi connectivity index (χ1v) is 7.61. The Bertz CT molecular complexity index is 539. The highest BCUT2D eigenvalue weighted by Crippen LogP contribution is 2.23. The number of hydrogen-bond acceptors (Lipinski definition) is 3. The maximum atomic E-state index is 12.5. The standard InChI is InChI=1S/C13H19NO3S/c1-10-5-6-13(11(2)8-10)18(16,17)14-7-3-4-12(15)9-14/h5-6,8,12,15H,3-4,7,9H2,1-2H3/t12-/m0/s1. The van der Waals surface area contributed by atoms with E-state index < -0.39 is 16.1 Å². The summed E-state index contributed by atoms with van der Waals surface area (Å²) in [6, 6.07) is 5.33. The monoisotopic (exact) mass is 269 g/mol. The minimum absolute atomic E-state index is 0.204. The van der Waals surface area contributed by atoms with Crippen molar-refractivity contribution >= 4 is 10.0 Å². The van der Waals surface area contributed by atoms with Crippen LogP contribution in [0.15, 0.2) is 23.1 Å². The average molecular weight is 269 g/mol. The van der Waals surface area contributed by atoms with Gasteiger partial charge >= 0.3 is 0 Å². The number of sulfonamides is 1. The van der Waals surface area contributed by atoms with Crippen molar-refractivity contribution in [3.63, 3.8) is 0 Å². The van der Waals surface area contributed by atoms with Crippen molar-refractivity contribution in [1.29, 1.82) is 0 Å². The number of rotatable bonds is 2. The van der Waals surface area contributed by atoms with E-state index in [1.54, 1.807) is 19.1 Å². The van der Waals surface area contributed by atoms with Crippen LogP contribution in [0, 0.1) is 13.8 Å². The molecule has 1 aromatic rings. The number of benzene rings is 1. The van der Waals surface area contributed by atoms with Crippen LogP contribution >= 0.6 is 0 Å². The molecule has 2 rings (SSSR count). The summed E-state index contributed by atoms with van der Waals surface area (Å²) in [7, 11) is -3.47. The van der Waals surface area contributed by atoms with Gasteiger partial charge in [-0.15, -0.1) is 0 Å². The molecule has 0 spiro atoms. The van der Waals surface area contributed by atoms with Crippen molar-refractivity contribution in [1.82, 2.24) is 4.31 Å². The molecule has 0 unspecified atom stereocenters. The first kappa shape index (κ1) is 13.5. The van der Waals surface area contributed by atoms with E-state index in [1.807, 2.05) is 13.0 Å². The lowest BCUT2D eigenvalue weighted by molar-refractivity contribution is 0.108. The summed E-state index contributed by atoms with van der Waals surface area (Å²) in [5.74, 6) is 0. The number of aliphatic hydroxyl groups excluding tert-OH is 1. The largest absolute Gasteiger partial charge is 0.392 e. The Balaban J connectivity index is 2.35. The molecule has 1 aromatic carbocycles. The molecule has 0 aromatic heterocycles. The second-order valence-electron chi connectivity index (χ2n) is 4.93. The van der Waals surface area contributed by atoms with Gasteiger partial charge in [-0.25, -0.2) is 8.42 Å². The molecule has 0 aliphatic carbocycles. The van der Waals surface area contributed by atoms with Crippen molar-refractivity contribution in [2.24, 2.45) is 0 Å². The minimum atomic E-state index is -3.47. The van der Waals surface area contributed by atoms with E-state index >= 15 is 0 Å². The highest BCUT2D eigenvalue weighted by atomic mass is 32.2. The Kier molecular flexibility index (Phi) is 3.75. The number of β-amino-alcohol motifs (C(OH)–C–C–N with tert-alkyl or cyclic N) is 1. The van der Waals surface area contributed by atoms with Crippen LogP contribution in [0.5, 0.6) is 0 Å². The molecule has 1 aliphatic heterocycles. The highest BCUT2D eigenvalue weighted by Gasteiger charge is 2.30. The molecule has 18 heavy (non-hydrogen) atoms. The summed E-state index contributed by atoms with van der Waals surface area (Å²) in [6.45, 7) is 4.44. The smallest absolute Gasteiger partial charge is 0.243 e. The molecule has 0 radical (unpaired) electrons. The van der Waals surface area contributed by atoms with Gasteiger partial charge in [-0.2, -0.15) is 4.31 Å². The number of nitrogens with zero attached hydrogens (tertiary/aromatic N) is 1. The molecule has 1 atom stereocenters. The average Bonchev–Trinajstić information content (AvgIpc) is 2.28. The first-order chi connectivity index (χ1) is 8.41. The lowest BCUT2D eigenvalue weighted by Crippen LogP contribution is -2.42. The third-order valence-electron chi connectivity index (χ3n) is 3.31. The maximum Gasteiger partial charge on any atom is 0.243 e. The molecule has 0 bridgehead atoms. The van der Waals surface area contributed by atoms with Crippen molar-refractivity contribution in [2.75, 3.05) is 13.1 Å². The van der Waals surface area contributed by atoms with E-state index in [4.69, 9.17) is 0 Å².